The van der Waals surface area contributed by atoms with Gasteiger partial charge in [-0.15, -0.1) is 0 Å². The van der Waals surface area contributed by atoms with E-state index in [2.05, 4.69) is 5.32 Å². The Balaban J connectivity index is 1.86. The van der Waals surface area contributed by atoms with Crippen LogP contribution >= 0.6 is 0 Å². The topological polar surface area (TPSA) is 113 Å². The number of anilines is 1. The maximum Gasteiger partial charge on any atom is 0.293 e. The minimum Gasteiger partial charge on any atom is -0.392 e. The summed E-state index contributed by atoms with van der Waals surface area (Å²) in [6.07, 6.45) is 2.58. The SMILES string of the molecule is O=[N+]([O-])c1cc(S(=O)(=O)N2CCCCC2)ccc1NCc1ccccc1CO. The van der Waals surface area contributed by atoms with E-state index in [0.29, 0.717) is 13.1 Å². The van der Waals surface area contributed by atoms with Crippen LogP contribution in [0, 0.1) is 10.1 Å². The Bertz CT molecular complexity index is 956. The van der Waals surface area contributed by atoms with Crippen LogP contribution < -0.4 is 5.32 Å². The lowest BCUT2D eigenvalue weighted by atomic mass is 10.1. The lowest BCUT2D eigenvalue weighted by molar-refractivity contribution is -0.384. The normalized spacial score (nSPS) is 15.3. The lowest BCUT2D eigenvalue weighted by Gasteiger charge is -2.25. The van der Waals surface area contributed by atoms with Gasteiger partial charge in [0.2, 0.25) is 10.0 Å². The first-order valence-corrected chi connectivity index (χ1v) is 10.6. The molecular formula is C19H23N3O5S. The third kappa shape index (κ3) is 4.32. The Kier molecular flexibility index (Phi) is 6.28. The van der Waals surface area contributed by atoms with E-state index in [1.54, 1.807) is 12.1 Å². The highest BCUT2D eigenvalue weighted by atomic mass is 32.2. The second-order valence-electron chi connectivity index (χ2n) is 6.68. The van der Waals surface area contributed by atoms with Crippen LogP contribution in [0.1, 0.15) is 30.4 Å². The van der Waals surface area contributed by atoms with Crippen LogP contribution in [0.25, 0.3) is 0 Å². The first-order valence-electron chi connectivity index (χ1n) is 9.13. The molecule has 9 heteroatoms. The van der Waals surface area contributed by atoms with Crippen LogP contribution in [0.5, 0.6) is 0 Å². The van der Waals surface area contributed by atoms with Crippen molar-refractivity contribution in [1.82, 2.24) is 4.31 Å². The molecule has 0 amide bonds. The number of nitrogens with one attached hydrogen (secondary N) is 1. The summed E-state index contributed by atoms with van der Waals surface area (Å²) in [6.45, 7) is 1.02. The van der Waals surface area contributed by atoms with Crippen molar-refractivity contribution in [2.24, 2.45) is 0 Å². The molecule has 3 rings (SSSR count). The first-order chi connectivity index (χ1) is 13.4. The van der Waals surface area contributed by atoms with Crippen molar-refractivity contribution in [2.75, 3.05) is 18.4 Å². The summed E-state index contributed by atoms with van der Waals surface area (Å²) in [5.74, 6) is 0. The molecule has 150 valence electrons. The number of hydrogen-bond acceptors (Lipinski definition) is 6. The van der Waals surface area contributed by atoms with Crippen LogP contribution in [0.3, 0.4) is 0 Å². The average molecular weight is 405 g/mol. The highest BCUT2D eigenvalue weighted by Crippen LogP contribution is 2.30. The smallest absolute Gasteiger partial charge is 0.293 e. The molecular weight excluding hydrogens is 382 g/mol. The van der Waals surface area contributed by atoms with E-state index in [1.807, 2.05) is 12.1 Å². The minimum atomic E-state index is -3.74. The zero-order valence-electron chi connectivity index (χ0n) is 15.4. The maximum absolute atomic E-state index is 12.8. The van der Waals surface area contributed by atoms with E-state index < -0.39 is 14.9 Å². The van der Waals surface area contributed by atoms with E-state index in [9.17, 15) is 23.6 Å². The van der Waals surface area contributed by atoms with Gasteiger partial charge in [0, 0.05) is 25.7 Å². The molecule has 0 saturated carbocycles. The van der Waals surface area contributed by atoms with Gasteiger partial charge in [-0.2, -0.15) is 4.31 Å². The molecule has 0 aromatic heterocycles. The Hall–Kier alpha value is -2.49. The second kappa shape index (κ2) is 8.68. The summed E-state index contributed by atoms with van der Waals surface area (Å²) < 4.78 is 27.0. The summed E-state index contributed by atoms with van der Waals surface area (Å²) in [7, 11) is -3.74. The van der Waals surface area contributed by atoms with Gasteiger partial charge in [0.1, 0.15) is 5.69 Å². The second-order valence-corrected chi connectivity index (χ2v) is 8.62. The molecule has 1 aliphatic rings. The molecule has 1 heterocycles. The number of benzene rings is 2. The van der Waals surface area contributed by atoms with Gasteiger partial charge in [-0.3, -0.25) is 10.1 Å². The molecule has 1 fully saturated rings. The van der Waals surface area contributed by atoms with Gasteiger partial charge < -0.3 is 10.4 Å². The number of aliphatic hydroxyl groups excluding tert-OH is 1. The van der Waals surface area contributed by atoms with E-state index in [0.717, 1.165) is 36.5 Å². The van der Waals surface area contributed by atoms with Gasteiger partial charge in [-0.1, -0.05) is 30.7 Å². The van der Waals surface area contributed by atoms with Gasteiger partial charge in [-0.05, 0) is 36.1 Å². The molecule has 0 bridgehead atoms. The largest absolute Gasteiger partial charge is 0.392 e. The van der Waals surface area contributed by atoms with Crippen molar-refractivity contribution in [3.05, 3.63) is 63.7 Å². The van der Waals surface area contributed by atoms with Crippen molar-refractivity contribution >= 4 is 21.4 Å². The minimum absolute atomic E-state index is 0.0672. The molecule has 0 aliphatic carbocycles. The Labute approximate surface area is 164 Å². The molecule has 0 radical (unpaired) electrons. The molecule has 2 aromatic rings. The summed E-state index contributed by atoms with van der Waals surface area (Å²) in [5.41, 5.74) is 1.47. The van der Waals surface area contributed by atoms with Crippen LogP contribution in [0.4, 0.5) is 11.4 Å². The zero-order chi connectivity index (χ0) is 20.1. The molecule has 8 nitrogen and oxygen atoms in total. The molecule has 0 unspecified atom stereocenters. The summed E-state index contributed by atoms with van der Waals surface area (Å²) in [5, 5.41) is 23.9. The van der Waals surface area contributed by atoms with Crippen molar-refractivity contribution in [3.8, 4) is 0 Å². The van der Waals surface area contributed by atoms with Gasteiger partial charge in [0.25, 0.3) is 5.69 Å². The number of rotatable bonds is 7. The Morgan fingerprint density at radius 1 is 1.07 bits per heavy atom. The standard InChI is InChI=1S/C19H23N3O5S/c23-14-16-7-3-2-6-15(16)13-20-18-9-8-17(12-19(18)22(24)25)28(26,27)21-10-4-1-5-11-21/h2-3,6-9,12,20,23H,1,4-5,10-11,13-14H2. The number of nitro groups is 1. The Morgan fingerprint density at radius 2 is 1.75 bits per heavy atom. The van der Waals surface area contributed by atoms with E-state index >= 15 is 0 Å². The monoisotopic (exact) mass is 405 g/mol. The predicted molar refractivity (Wildman–Crippen MR) is 105 cm³/mol. The van der Waals surface area contributed by atoms with E-state index in [1.165, 1.54) is 16.4 Å². The average Bonchev–Trinajstić information content (AvgIpc) is 2.72. The van der Waals surface area contributed by atoms with Crippen LogP contribution in [-0.4, -0.2) is 35.8 Å². The van der Waals surface area contributed by atoms with Gasteiger partial charge in [0.05, 0.1) is 16.4 Å². The van der Waals surface area contributed by atoms with Crippen molar-refractivity contribution in [1.29, 1.82) is 0 Å². The molecule has 2 N–H and O–H groups in total. The fourth-order valence-electron chi connectivity index (χ4n) is 3.30. The molecule has 2 aromatic carbocycles. The Morgan fingerprint density at radius 3 is 2.39 bits per heavy atom. The van der Waals surface area contributed by atoms with Crippen LogP contribution in [0.2, 0.25) is 0 Å². The number of nitro benzene ring substituents is 1. The van der Waals surface area contributed by atoms with Gasteiger partial charge in [0.15, 0.2) is 0 Å². The third-order valence-corrected chi connectivity index (χ3v) is 6.77. The highest BCUT2D eigenvalue weighted by molar-refractivity contribution is 7.89. The number of aliphatic hydroxyl groups is 1. The van der Waals surface area contributed by atoms with Crippen molar-refractivity contribution in [2.45, 2.75) is 37.3 Å². The molecule has 28 heavy (non-hydrogen) atoms. The zero-order valence-corrected chi connectivity index (χ0v) is 16.2. The van der Waals surface area contributed by atoms with Crippen LogP contribution in [-0.2, 0) is 23.2 Å². The van der Waals surface area contributed by atoms with Crippen LogP contribution in [0.15, 0.2) is 47.4 Å². The van der Waals surface area contributed by atoms with Gasteiger partial charge >= 0.3 is 0 Å². The number of sulfonamides is 1. The van der Waals surface area contributed by atoms with E-state index in [4.69, 9.17) is 0 Å². The molecule has 0 atom stereocenters. The lowest BCUT2D eigenvalue weighted by Crippen LogP contribution is -2.35. The number of nitrogens with zero attached hydrogens (tertiary/aromatic N) is 2. The fraction of sp³-hybridized carbons (Fsp3) is 0.368. The first kappa shape index (κ1) is 20.2. The molecule has 1 aliphatic heterocycles. The molecule has 0 spiro atoms. The van der Waals surface area contributed by atoms with Gasteiger partial charge in [-0.25, -0.2) is 8.42 Å². The van der Waals surface area contributed by atoms with Crippen molar-refractivity contribution in [3.63, 3.8) is 0 Å². The quantitative estimate of drug-likeness (QED) is 0.541. The number of piperidine rings is 1. The predicted octanol–water partition coefficient (Wildman–Crippen LogP) is 2.87. The summed E-state index contributed by atoms with van der Waals surface area (Å²) in [4.78, 5) is 10.9. The van der Waals surface area contributed by atoms with E-state index in [-0.39, 0.29) is 29.4 Å². The summed E-state index contributed by atoms with van der Waals surface area (Å²) in [6, 6.07) is 11.2. The third-order valence-electron chi connectivity index (χ3n) is 4.88. The maximum atomic E-state index is 12.8. The fourth-order valence-corrected chi connectivity index (χ4v) is 4.84. The molecule has 1 saturated heterocycles. The summed E-state index contributed by atoms with van der Waals surface area (Å²) >= 11 is 0. The van der Waals surface area contributed by atoms with Crippen molar-refractivity contribution < 1.29 is 18.4 Å². The number of hydrogen-bond donors (Lipinski definition) is 2. The highest BCUT2D eigenvalue weighted by Gasteiger charge is 2.28.